The highest BCUT2D eigenvalue weighted by atomic mass is 79.9. The maximum Gasteiger partial charge on any atom is 0.311 e. The fourth-order valence-corrected chi connectivity index (χ4v) is 2.08. The van der Waals surface area contributed by atoms with Crippen molar-refractivity contribution in [1.29, 1.82) is 0 Å². The molecule has 1 atom stereocenters. The number of carbonyl (C=O) groups is 1. The van der Waals surface area contributed by atoms with E-state index in [4.69, 9.17) is 0 Å². The summed E-state index contributed by atoms with van der Waals surface area (Å²) in [5.41, 5.74) is 1.77. The Balaban J connectivity index is 2.99. The highest BCUT2D eigenvalue weighted by Gasteiger charge is 2.22. The van der Waals surface area contributed by atoms with E-state index in [9.17, 15) is 9.90 Å². The van der Waals surface area contributed by atoms with Crippen molar-refractivity contribution >= 4 is 21.9 Å². The number of rotatable bonds is 5. The van der Waals surface area contributed by atoms with Crippen LogP contribution < -0.4 is 0 Å². The molecule has 3 heteroatoms. The first-order chi connectivity index (χ1) is 7.56. The Morgan fingerprint density at radius 2 is 2.12 bits per heavy atom. The van der Waals surface area contributed by atoms with Crippen molar-refractivity contribution in [2.24, 2.45) is 0 Å². The minimum absolute atomic E-state index is 0.494. The van der Waals surface area contributed by atoms with Crippen molar-refractivity contribution in [2.45, 2.75) is 25.7 Å². The van der Waals surface area contributed by atoms with Gasteiger partial charge < -0.3 is 5.11 Å². The Labute approximate surface area is 104 Å². The van der Waals surface area contributed by atoms with Crippen LogP contribution in [-0.4, -0.2) is 11.1 Å². The van der Waals surface area contributed by atoms with Crippen molar-refractivity contribution in [3.05, 3.63) is 46.5 Å². The molecule has 0 aromatic heterocycles. The fourth-order valence-electron chi connectivity index (χ4n) is 1.52. The number of allylic oxidation sites excluding steroid dienone is 1. The summed E-state index contributed by atoms with van der Waals surface area (Å²) < 4.78 is 0.839. The van der Waals surface area contributed by atoms with E-state index in [0.29, 0.717) is 6.42 Å². The average Bonchev–Trinajstić information content (AvgIpc) is 2.26. The van der Waals surface area contributed by atoms with Gasteiger partial charge in [-0.3, -0.25) is 4.79 Å². The molecular formula is C13H15BrO2. The summed E-state index contributed by atoms with van der Waals surface area (Å²) in [6, 6.07) is 7.43. The van der Waals surface area contributed by atoms with E-state index in [0.717, 1.165) is 22.0 Å². The number of hydrogen-bond donors (Lipinski definition) is 1. The SMILES string of the molecule is C=C(CC)CC(C(=O)O)c1ccccc1Br. The third kappa shape index (κ3) is 3.20. The lowest BCUT2D eigenvalue weighted by molar-refractivity contribution is -0.138. The van der Waals surface area contributed by atoms with Crippen molar-refractivity contribution in [2.75, 3.05) is 0 Å². The van der Waals surface area contributed by atoms with Gasteiger partial charge in [-0.1, -0.05) is 53.2 Å². The molecule has 2 nitrogen and oxygen atoms in total. The van der Waals surface area contributed by atoms with Gasteiger partial charge in [0.1, 0.15) is 0 Å². The molecule has 1 N–H and O–H groups in total. The third-order valence-corrected chi connectivity index (χ3v) is 3.29. The smallest absolute Gasteiger partial charge is 0.311 e. The quantitative estimate of drug-likeness (QED) is 0.830. The van der Waals surface area contributed by atoms with Crippen LogP contribution in [0.25, 0.3) is 0 Å². The molecule has 1 aromatic carbocycles. The maximum atomic E-state index is 11.2. The first kappa shape index (κ1) is 13.0. The summed E-state index contributed by atoms with van der Waals surface area (Å²) >= 11 is 3.38. The van der Waals surface area contributed by atoms with Gasteiger partial charge >= 0.3 is 5.97 Å². The summed E-state index contributed by atoms with van der Waals surface area (Å²) in [6.45, 7) is 5.86. The van der Waals surface area contributed by atoms with E-state index in [1.54, 1.807) is 0 Å². The molecule has 0 spiro atoms. The molecule has 86 valence electrons. The van der Waals surface area contributed by atoms with Crippen LogP contribution >= 0.6 is 15.9 Å². The second-order valence-electron chi connectivity index (χ2n) is 3.72. The van der Waals surface area contributed by atoms with E-state index < -0.39 is 11.9 Å². The molecule has 0 aliphatic heterocycles. The van der Waals surface area contributed by atoms with Crippen molar-refractivity contribution in [3.63, 3.8) is 0 Å². The van der Waals surface area contributed by atoms with Crippen LogP contribution in [0.4, 0.5) is 0 Å². The predicted molar refractivity (Wildman–Crippen MR) is 68.6 cm³/mol. The van der Waals surface area contributed by atoms with Gasteiger partial charge in [0.25, 0.3) is 0 Å². The Bertz CT molecular complexity index is 399. The van der Waals surface area contributed by atoms with E-state index in [1.807, 2.05) is 31.2 Å². The Hall–Kier alpha value is -1.09. The first-order valence-electron chi connectivity index (χ1n) is 5.20. The lowest BCUT2D eigenvalue weighted by Crippen LogP contribution is -2.12. The Morgan fingerprint density at radius 1 is 1.50 bits per heavy atom. The number of halogens is 1. The zero-order chi connectivity index (χ0) is 12.1. The normalized spacial score (nSPS) is 12.1. The van der Waals surface area contributed by atoms with Crippen molar-refractivity contribution in [1.82, 2.24) is 0 Å². The highest BCUT2D eigenvalue weighted by molar-refractivity contribution is 9.10. The van der Waals surface area contributed by atoms with Crippen LogP contribution in [0.2, 0.25) is 0 Å². The van der Waals surface area contributed by atoms with Crippen LogP contribution in [0.5, 0.6) is 0 Å². The second kappa shape index (κ2) is 5.85. The summed E-state index contributed by atoms with van der Waals surface area (Å²) in [5, 5.41) is 9.23. The molecule has 0 bridgehead atoms. The van der Waals surface area contributed by atoms with E-state index >= 15 is 0 Å². The zero-order valence-corrected chi connectivity index (χ0v) is 10.8. The van der Waals surface area contributed by atoms with E-state index in [1.165, 1.54) is 0 Å². The maximum absolute atomic E-state index is 11.2. The minimum atomic E-state index is -0.804. The molecule has 0 aliphatic rings. The minimum Gasteiger partial charge on any atom is -0.481 e. The zero-order valence-electron chi connectivity index (χ0n) is 9.24. The molecule has 1 unspecified atom stereocenters. The molecule has 16 heavy (non-hydrogen) atoms. The molecule has 0 saturated carbocycles. The van der Waals surface area contributed by atoms with Gasteiger partial charge in [0.2, 0.25) is 0 Å². The summed E-state index contributed by atoms with van der Waals surface area (Å²) in [5.74, 6) is -1.32. The number of carboxylic acids is 1. The number of benzene rings is 1. The first-order valence-corrected chi connectivity index (χ1v) is 5.99. The van der Waals surface area contributed by atoms with Crippen molar-refractivity contribution in [3.8, 4) is 0 Å². The molecule has 0 radical (unpaired) electrons. The molecular weight excluding hydrogens is 268 g/mol. The monoisotopic (exact) mass is 282 g/mol. The fraction of sp³-hybridized carbons (Fsp3) is 0.308. The average molecular weight is 283 g/mol. The Kier molecular flexibility index (Phi) is 4.74. The summed E-state index contributed by atoms with van der Waals surface area (Å²) in [4.78, 5) is 11.2. The summed E-state index contributed by atoms with van der Waals surface area (Å²) in [6.07, 6.45) is 1.31. The Morgan fingerprint density at radius 3 is 2.62 bits per heavy atom. The van der Waals surface area contributed by atoms with E-state index in [-0.39, 0.29) is 0 Å². The predicted octanol–water partition coefficient (Wildman–Crippen LogP) is 3.97. The lowest BCUT2D eigenvalue weighted by atomic mass is 9.92. The van der Waals surface area contributed by atoms with E-state index in [2.05, 4.69) is 22.5 Å². The van der Waals surface area contributed by atoms with Gasteiger partial charge in [0.15, 0.2) is 0 Å². The molecule has 0 saturated heterocycles. The standard InChI is InChI=1S/C13H15BrO2/c1-3-9(2)8-11(13(15)16)10-6-4-5-7-12(10)14/h4-7,11H,2-3,8H2,1H3,(H,15,16). The van der Waals surface area contributed by atoms with Crippen LogP contribution in [0.15, 0.2) is 40.9 Å². The highest BCUT2D eigenvalue weighted by Crippen LogP contribution is 2.30. The molecule has 1 rings (SSSR count). The lowest BCUT2D eigenvalue weighted by Gasteiger charge is -2.15. The molecule has 0 amide bonds. The largest absolute Gasteiger partial charge is 0.481 e. The number of carboxylic acid groups (broad SMARTS) is 1. The van der Waals surface area contributed by atoms with Crippen LogP contribution in [-0.2, 0) is 4.79 Å². The van der Waals surface area contributed by atoms with Gasteiger partial charge in [-0.05, 0) is 24.5 Å². The van der Waals surface area contributed by atoms with Gasteiger partial charge in [-0.25, -0.2) is 0 Å². The van der Waals surface area contributed by atoms with Crippen molar-refractivity contribution < 1.29 is 9.90 Å². The molecule has 1 aromatic rings. The van der Waals surface area contributed by atoms with Crippen LogP contribution in [0, 0.1) is 0 Å². The molecule has 0 fully saturated rings. The van der Waals surface area contributed by atoms with Gasteiger partial charge in [0.05, 0.1) is 5.92 Å². The van der Waals surface area contributed by atoms with Crippen LogP contribution in [0.1, 0.15) is 31.2 Å². The second-order valence-corrected chi connectivity index (χ2v) is 4.57. The number of hydrogen-bond acceptors (Lipinski definition) is 1. The topological polar surface area (TPSA) is 37.3 Å². The van der Waals surface area contributed by atoms with Gasteiger partial charge in [0, 0.05) is 4.47 Å². The van der Waals surface area contributed by atoms with Crippen LogP contribution in [0.3, 0.4) is 0 Å². The molecule has 0 aliphatic carbocycles. The number of aliphatic carboxylic acids is 1. The third-order valence-electron chi connectivity index (χ3n) is 2.57. The molecule has 0 heterocycles. The van der Waals surface area contributed by atoms with Gasteiger partial charge in [-0.2, -0.15) is 0 Å². The van der Waals surface area contributed by atoms with Gasteiger partial charge in [-0.15, -0.1) is 0 Å². The summed E-state index contributed by atoms with van der Waals surface area (Å²) in [7, 11) is 0.